The molecule has 0 saturated carbocycles. The Morgan fingerprint density at radius 2 is 2.24 bits per heavy atom. The molecular formula is C17H18FNO2. The lowest BCUT2D eigenvalue weighted by molar-refractivity contribution is -0.0455. The van der Waals surface area contributed by atoms with E-state index in [9.17, 15) is 9.50 Å². The van der Waals surface area contributed by atoms with Crippen LogP contribution in [-0.4, -0.2) is 41.8 Å². The summed E-state index contributed by atoms with van der Waals surface area (Å²) in [6, 6.07) is 3.84. The molecule has 1 aromatic rings. The van der Waals surface area contributed by atoms with Crippen molar-refractivity contribution in [1.82, 2.24) is 4.90 Å². The summed E-state index contributed by atoms with van der Waals surface area (Å²) in [4.78, 5) is 2.40. The molecule has 0 amide bonds. The van der Waals surface area contributed by atoms with Gasteiger partial charge in [-0.25, -0.2) is 4.39 Å². The second-order valence-electron chi connectivity index (χ2n) is 6.89. The number of benzene rings is 1. The van der Waals surface area contributed by atoms with Gasteiger partial charge in [-0.05, 0) is 38.1 Å². The molecule has 0 radical (unpaired) electrons. The molecule has 5 rings (SSSR count). The fraction of sp³-hybridized carbons (Fsp3) is 0.529. The number of rotatable bonds is 0. The molecule has 2 bridgehead atoms. The van der Waals surface area contributed by atoms with E-state index >= 15 is 0 Å². The Bertz CT molecular complexity index is 673. The Labute approximate surface area is 123 Å². The third-order valence-electron chi connectivity index (χ3n) is 6.12. The molecule has 1 spiro atoms. The summed E-state index contributed by atoms with van der Waals surface area (Å²) in [7, 11) is 2.16. The molecule has 0 aromatic heterocycles. The van der Waals surface area contributed by atoms with Gasteiger partial charge in [-0.2, -0.15) is 0 Å². The van der Waals surface area contributed by atoms with E-state index in [1.54, 1.807) is 0 Å². The van der Waals surface area contributed by atoms with Crippen molar-refractivity contribution >= 4 is 0 Å². The highest BCUT2D eigenvalue weighted by Gasteiger charge is 2.64. The van der Waals surface area contributed by atoms with Crippen LogP contribution in [0, 0.1) is 11.7 Å². The van der Waals surface area contributed by atoms with Gasteiger partial charge in [-0.1, -0.05) is 18.2 Å². The highest BCUT2D eigenvalue weighted by molar-refractivity contribution is 5.57. The fourth-order valence-electron chi connectivity index (χ4n) is 5.22. The van der Waals surface area contributed by atoms with Gasteiger partial charge >= 0.3 is 0 Å². The lowest BCUT2D eigenvalue weighted by atomic mass is 9.53. The number of aliphatic hydroxyl groups is 1. The Kier molecular flexibility index (Phi) is 2.13. The molecule has 2 heterocycles. The fourth-order valence-corrected chi connectivity index (χ4v) is 5.22. The van der Waals surface area contributed by atoms with Gasteiger partial charge in [0.15, 0.2) is 11.6 Å². The SMILES string of the molecule is CN1CC[C@]23c4c5ccc(F)c4O[C@H]2[C@@H](O)C=C[C@H]3[C@H]1C5. The minimum atomic E-state index is -0.650. The van der Waals surface area contributed by atoms with Crippen LogP contribution in [0.2, 0.25) is 0 Å². The van der Waals surface area contributed by atoms with Gasteiger partial charge in [0.2, 0.25) is 0 Å². The molecule has 1 N–H and O–H groups in total. The quantitative estimate of drug-likeness (QED) is 0.736. The second kappa shape index (κ2) is 3.68. The molecule has 1 saturated heterocycles. The minimum Gasteiger partial charge on any atom is -0.483 e. The van der Waals surface area contributed by atoms with Crippen molar-refractivity contribution in [2.24, 2.45) is 5.92 Å². The molecule has 21 heavy (non-hydrogen) atoms. The molecule has 4 heteroatoms. The summed E-state index contributed by atoms with van der Waals surface area (Å²) < 4.78 is 20.2. The predicted molar refractivity (Wildman–Crippen MR) is 75.9 cm³/mol. The molecule has 3 nitrogen and oxygen atoms in total. The number of hydrogen-bond donors (Lipinski definition) is 1. The first-order valence-electron chi connectivity index (χ1n) is 7.68. The number of hydrogen-bond acceptors (Lipinski definition) is 3. The van der Waals surface area contributed by atoms with Crippen LogP contribution in [0.4, 0.5) is 4.39 Å². The van der Waals surface area contributed by atoms with Crippen molar-refractivity contribution in [1.29, 1.82) is 0 Å². The maximum absolute atomic E-state index is 14.2. The number of aliphatic hydroxyl groups excluding tert-OH is 1. The highest BCUT2D eigenvalue weighted by Crippen LogP contribution is 2.60. The van der Waals surface area contributed by atoms with Gasteiger partial charge in [0.25, 0.3) is 0 Å². The summed E-state index contributed by atoms with van der Waals surface area (Å²) in [6.45, 7) is 0.969. The Balaban J connectivity index is 1.84. The second-order valence-corrected chi connectivity index (χ2v) is 6.89. The summed E-state index contributed by atoms with van der Waals surface area (Å²) >= 11 is 0. The largest absolute Gasteiger partial charge is 0.483 e. The van der Waals surface area contributed by atoms with Crippen LogP contribution in [0.5, 0.6) is 5.75 Å². The predicted octanol–water partition coefficient (Wildman–Crippen LogP) is 1.63. The van der Waals surface area contributed by atoms with Crippen molar-refractivity contribution < 1.29 is 14.2 Å². The number of halogens is 1. The van der Waals surface area contributed by atoms with Gasteiger partial charge in [0.1, 0.15) is 12.2 Å². The topological polar surface area (TPSA) is 32.7 Å². The molecule has 5 atom stereocenters. The van der Waals surface area contributed by atoms with Gasteiger partial charge in [0, 0.05) is 22.9 Å². The van der Waals surface area contributed by atoms with E-state index in [2.05, 4.69) is 18.0 Å². The first-order valence-corrected chi connectivity index (χ1v) is 7.68. The van der Waals surface area contributed by atoms with Gasteiger partial charge in [-0.3, -0.25) is 0 Å². The van der Waals surface area contributed by atoms with Crippen LogP contribution in [0.15, 0.2) is 24.3 Å². The van der Waals surface area contributed by atoms with Crippen LogP contribution < -0.4 is 4.74 Å². The van der Waals surface area contributed by atoms with E-state index in [1.165, 1.54) is 11.6 Å². The van der Waals surface area contributed by atoms with Gasteiger partial charge < -0.3 is 14.7 Å². The Morgan fingerprint density at radius 1 is 1.38 bits per heavy atom. The lowest BCUT2D eigenvalue weighted by Crippen LogP contribution is -2.64. The van der Waals surface area contributed by atoms with Crippen molar-refractivity contribution in [2.75, 3.05) is 13.6 Å². The monoisotopic (exact) mass is 287 g/mol. The lowest BCUT2D eigenvalue weighted by Gasteiger charge is -2.56. The first-order chi connectivity index (χ1) is 10.1. The normalized spacial score (nSPS) is 42.6. The van der Waals surface area contributed by atoms with Crippen molar-refractivity contribution in [3.63, 3.8) is 0 Å². The van der Waals surface area contributed by atoms with E-state index in [1.807, 2.05) is 12.1 Å². The maximum Gasteiger partial charge on any atom is 0.165 e. The van der Waals surface area contributed by atoms with E-state index in [0.29, 0.717) is 17.7 Å². The van der Waals surface area contributed by atoms with E-state index in [0.717, 1.165) is 24.9 Å². The van der Waals surface area contributed by atoms with Crippen molar-refractivity contribution in [2.45, 2.75) is 36.5 Å². The summed E-state index contributed by atoms with van der Waals surface area (Å²) in [5.74, 6) is 0.411. The zero-order valence-electron chi connectivity index (χ0n) is 11.9. The Hall–Kier alpha value is -1.39. The van der Waals surface area contributed by atoms with E-state index in [4.69, 9.17) is 4.74 Å². The number of likely N-dealkylation sites (N-methyl/N-ethyl adjacent to an activating group) is 1. The van der Waals surface area contributed by atoms with E-state index in [-0.39, 0.29) is 17.3 Å². The molecule has 1 aromatic carbocycles. The highest BCUT2D eigenvalue weighted by atomic mass is 19.1. The van der Waals surface area contributed by atoms with E-state index < -0.39 is 6.10 Å². The van der Waals surface area contributed by atoms with Crippen LogP contribution in [0.1, 0.15) is 17.5 Å². The molecule has 110 valence electrons. The molecule has 0 unspecified atom stereocenters. The molecule has 1 fully saturated rings. The average molecular weight is 287 g/mol. The standard InChI is InChI=1S/C17H18FNO2/c1-19-7-6-17-10-3-5-13(20)16(17)21-15-11(18)4-2-9(14(15)17)8-12(10)19/h2-5,10,12-13,16,20H,6-8H2,1H3/t10-,12+,13-,16-,17-/m0/s1. The van der Waals surface area contributed by atoms with Crippen molar-refractivity contribution in [3.8, 4) is 5.75 Å². The smallest absolute Gasteiger partial charge is 0.165 e. The Morgan fingerprint density at radius 3 is 3.10 bits per heavy atom. The molecular weight excluding hydrogens is 269 g/mol. The first kappa shape index (κ1) is 12.2. The van der Waals surface area contributed by atoms with Crippen LogP contribution in [0.25, 0.3) is 0 Å². The minimum absolute atomic E-state index is 0.240. The molecule has 2 aliphatic carbocycles. The van der Waals surface area contributed by atoms with Crippen LogP contribution in [0.3, 0.4) is 0 Å². The van der Waals surface area contributed by atoms with Crippen molar-refractivity contribution in [3.05, 3.63) is 41.2 Å². The van der Waals surface area contributed by atoms with Crippen LogP contribution in [-0.2, 0) is 11.8 Å². The zero-order chi connectivity index (χ0) is 14.4. The number of piperidine rings is 1. The van der Waals surface area contributed by atoms with Gasteiger partial charge in [0.05, 0.1) is 0 Å². The van der Waals surface area contributed by atoms with Gasteiger partial charge in [-0.15, -0.1) is 0 Å². The zero-order valence-corrected chi connectivity index (χ0v) is 11.9. The summed E-state index contributed by atoms with van der Waals surface area (Å²) in [6.07, 6.45) is 4.85. The van der Waals surface area contributed by atoms with Crippen LogP contribution >= 0.6 is 0 Å². The number of ether oxygens (including phenoxy) is 1. The third-order valence-corrected chi connectivity index (χ3v) is 6.12. The molecule has 2 aliphatic heterocycles. The number of likely N-dealkylation sites (tertiary alicyclic amines) is 1. The summed E-state index contributed by atoms with van der Waals surface area (Å²) in [5.41, 5.74) is 2.01. The summed E-state index contributed by atoms with van der Waals surface area (Å²) in [5, 5.41) is 10.4. The average Bonchev–Trinajstić information content (AvgIpc) is 2.83. The molecule has 4 aliphatic rings. The number of nitrogens with zero attached hydrogens (tertiary/aromatic N) is 1. The third kappa shape index (κ3) is 1.23. The maximum atomic E-state index is 14.2.